The van der Waals surface area contributed by atoms with E-state index >= 15 is 0 Å². The van der Waals surface area contributed by atoms with Crippen molar-refractivity contribution < 1.29 is 17.6 Å². The third-order valence-corrected chi connectivity index (χ3v) is 4.79. The Labute approximate surface area is 116 Å². The second-order valence-corrected chi connectivity index (χ2v) is 7.32. The van der Waals surface area contributed by atoms with Gasteiger partial charge in [-0.2, -0.15) is 0 Å². The van der Waals surface area contributed by atoms with Crippen molar-refractivity contribution in [2.75, 3.05) is 0 Å². The monoisotopic (exact) mass is 304 g/mol. The van der Waals surface area contributed by atoms with Gasteiger partial charge in [0.05, 0.1) is 0 Å². The van der Waals surface area contributed by atoms with Gasteiger partial charge >= 0.3 is 0 Å². The molecule has 1 fully saturated rings. The van der Waals surface area contributed by atoms with Crippen molar-refractivity contribution >= 4 is 25.5 Å². The van der Waals surface area contributed by atoms with Gasteiger partial charge in [-0.25, -0.2) is 12.8 Å². The van der Waals surface area contributed by atoms with Gasteiger partial charge in [0.2, 0.25) is 0 Å². The molecule has 1 aromatic rings. The van der Waals surface area contributed by atoms with Crippen LogP contribution >= 0.6 is 10.7 Å². The number of hydrogen-bond donors (Lipinski definition) is 0. The summed E-state index contributed by atoms with van der Waals surface area (Å²) in [6, 6.07) is 3.33. The van der Waals surface area contributed by atoms with Crippen LogP contribution in [0.5, 0.6) is 0 Å². The molecule has 0 unspecified atom stereocenters. The quantitative estimate of drug-likeness (QED) is 0.634. The Morgan fingerprint density at radius 1 is 1.21 bits per heavy atom. The molecule has 0 N–H and O–H groups in total. The first-order valence-corrected chi connectivity index (χ1v) is 8.49. The maximum atomic E-state index is 13.4. The lowest BCUT2D eigenvalue weighted by Crippen LogP contribution is -2.18. The fraction of sp³-hybridized carbons (Fsp3) is 0.462. The number of halogens is 2. The molecular weight excluding hydrogens is 291 g/mol. The van der Waals surface area contributed by atoms with Gasteiger partial charge in [0, 0.05) is 22.2 Å². The molecule has 2 rings (SSSR count). The molecule has 6 heteroatoms. The zero-order chi connectivity index (χ0) is 14.0. The summed E-state index contributed by atoms with van der Waals surface area (Å²) in [5.41, 5.74) is 0.215. The normalized spacial score (nSPS) is 17.4. The van der Waals surface area contributed by atoms with Gasteiger partial charge in [-0.05, 0) is 31.0 Å². The molecule has 0 radical (unpaired) electrons. The third kappa shape index (κ3) is 3.34. The fourth-order valence-corrected chi connectivity index (χ4v) is 3.37. The number of ketones is 1. The van der Waals surface area contributed by atoms with Crippen LogP contribution in [0.25, 0.3) is 0 Å². The Bertz CT molecular complexity index is 592. The van der Waals surface area contributed by atoms with E-state index in [4.69, 9.17) is 10.7 Å². The maximum absolute atomic E-state index is 13.4. The van der Waals surface area contributed by atoms with E-state index in [0.29, 0.717) is 0 Å². The summed E-state index contributed by atoms with van der Waals surface area (Å²) in [4.78, 5) is 11.6. The van der Waals surface area contributed by atoms with Gasteiger partial charge in [-0.15, -0.1) is 0 Å². The number of rotatable bonds is 3. The van der Waals surface area contributed by atoms with Crippen LogP contribution in [0.3, 0.4) is 0 Å². The van der Waals surface area contributed by atoms with Crippen molar-refractivity contribution in [1.29, 1.82) is 0 Å². The lowest BCUT2D eigenvalue weighted by molar-refractivity contribution is 0.0889. The van der Waals surface area contributed by atoms with E-state index in [1.807, 2.05) is 0 Å². The van der Waals surface area contributed by atoms with Gasteiger partial charge in [0.25, 0.3) is 9.05 Å². The van der Waals surface area contributed by atoms with E-state index < -0.39 is 19.8 Å². The van der Waals surface area contributed by atoms with Crippen LogP contribution in [-0.4, -0.2) is 14.2 Å². The predicted molar refractivity (Wildman–Crippen MR) is 70.3 cm³/mol. The molecule has 104 valence electrons. The van der Waals surface area contributed by atoms with Crippen LogP contribution in [0.4, 0.5) is 4.39 Å². The van der Waals surface area contributed by atoms with E-state index in [1.54, 1.807) is 0 Å². The van der Waals surface area contributed by atoms with Gasteiger partial charge in [-0.3, -0.25) is 4.79 Å². The lowest BCUT2D eigenvalue weighted by atomic mass is 9.84. The highest BCUT2D eigenvalue weighted by Crippen LogP contribution is 2.28. The lowest BCUT2D eigenvalue weighted by Gasteiger charge is -2.20. The van der Waals surface area contributed by atoms with Crippen molar-refractivity contribution in [3.05, 3.63) is 29.6 Å². The van der Waals surface area contributed by atoms with E-state index in [2.05, 4.69) is 0 Å². The molecule has 1 aromatic carbocycles. The summed E-state index contributed by atoms with van der Waals surface area (Å²) in [6.07, 6.45) is 4.73. The van der Waals surface area contributed by atoms with Crippen molar-refractivity contribution in [2.24, 2.45) is 5.92 Å². The molecule has 3 nitrogen and oxygen atoms in total. The van der Waals surface area contributed by atoms with Gasteiger partial charge in [-0.1, -0.05) is 19.3 Å². The van der Waals surface area contributed by atoms with E-state index in [0.717, 1.165) is 44.2 Å². The van der Waals surface area contributed by atoms with Crippen molar-refractivity contribution in [3.63, 3.8) is 0 Å². The molecular formula is C13H14ClFO3S. The first kappa shape index (κ1) is 14.5. The van der Waals surface area contributed by atoms with E-state index in [1.165, 1.54) is 6.07 Å². The van der Waals surface area contributed by atoms with Crippen LogP contribution in [-0.2, 0) is 9.05 Å². The molecule has 0 bridgehead atoms. The van der Waals surface area contributed by atoms with Crippen LogP contribution in [0.15, 0.2) is 23.1 Å². The summed E-state index contributed by atoms with van der Waals surface area (Å²) in [5.74, 6) is -1.15. The highest BCUT2D eigenvalue weighted by atomic mass is 35.7. The second-order valence-electron chi connectivity index (χ2n) is 4.78. The molecule has 1 aliphatic carbocycles. The molecule has 0 saturated heterocycles. The molecule has 1 aliphatic rings. The topological polar surface area (TPSA) is 51.2 Å². The number of benzene rings is 1. The minimum absolute atomic E-state index is 0.0925. The van der Waals surface area contributed by atoms with Gasteiger partial charge < -0.3 is 0 Å². The largest absolute Gasteiger partial charge is 0.294 e. The number of Topliss-reactive ketones (excluding diaryl/α,β-unsaturated/α-hetero) is 1. The third-order valence-electron chi connectivity index (χ3n) is 3.45. The average molecular weight is 305 g/mol. The summed E-state index contributed by atoms with van der Waals surface area (Å²) < 4.78 is 35.8. The van der Waals surface area contributed by atoms with Crippen molar-refractivity contribution in [3.8, 4) is 0 Å². The zero-order valence-electron chi connectivity index (χ0n) is 10.2. The fourth-order valence-electron chi connectivity index (χ4n) is 2.44. The molecule has 19 heavy (non-hydrogen) atoms. The minimum Gasteiger partial charge on any atom is -0.294 e. The number of carbonyl (C=O) groups excluding carboxylic acids is 1. The highest BCUT2D eigenvalue weighted by molar-refractivity contribution is 8.13. The molecule has 0 aromatic heterocycles. The van der Waals surface area contributed by atoms with E-state index in [9.17, 15) is 17.6 Å². The van der Waals surface area contributed by atoms with E-state index in [-0.39, 0.29) is 17.3 Å². The first-order valence-electron chi connectivity index (χ1n) is 6.18. The molecule has 0 amide bonds. The summed E-state index contributed by atoms with van der Waals surface area (Å²) in [5, 5.41) is 0. The number of carbonyl (C=O) groups is 1. The van der Waals surface area contributed by atoms with Gasteiger partial charge in [0.15, 0.2) is 5.78 Å². The first-order chi connectivity index (χ1) is 8.89. The van der Waals surface area contributed by atoms with Crippen molar-refractivity contribution in [1.82, 2.24) is 0 Å². The Morgan fingerprint density at radius 3 is 2.42 bits per heavy atom. The Morgan fingerprint density at radius 2 is 1.84 bits per heavy atom. The Hall–Kier alpha value is -0.940. The second kappa shape index (κ2) is 5.59. The van der Waals surface area contributed by atoms with Gasteiger partial charge in [0.1, 0.15) is 10.7 Å². The summed E-state index contributed by atoms with van der Waals surface area (Å²) in [7, 11) is 0.972. The molecule has 0 spiro atoms. The zero-order valence-corrected chi connectivity index (χ0v) is 11.8. The van der Waals surface area contributed by atoms with Crippen molar-refractivity contribution in [2.45, 2.75) is 37.0 Å². The van der Waals surface area contributed by atoms with Crippen LogP contribution < -0.4 is 0 Å². The number of hydrogen-bond acceptors (Lipinski definition) is 3. The maximum Gasteiger partial charge on any atom is 0.264 e. The average Bonchev–Trinajstić information content (AvgIpc) is 2.38. The van der Waals surface area contributed by atoms with Crippen LogP contribution in [0.1, 0.15) is 42.5 Å². The Kier molecular flexibility index (Phi) is 4.26. The smallest absolute Gasteiger partial charge is 0.264 e. The standard InChI is InChI=1S/C13H14ClFO3S/c14-19(17,18)12-8-10(6-7-11(12)15)13(16)9-4-2-1-3-5-9/h6-9H,1-5H2. The molecule has 1 saturated carbocycles. The molecule has 0 aliphatic heterocycles. The van der Waals surface area contributed by atoms with Crippen LogP contribution in [0.2, 0.25) is 0 Å². The minimum atomic E-state index is -4.18. The summed E-state index contributed by atoms with van der Waals surface area (Å²) >= 11 is 0. The Balaban J connectivity index is 2.33. The predicted octanol–water partition coefficient (Wildman–Crippen LogP) is 3.52. The molecule has 0 atom stereocenters. The summed E-state index contributed by atoms with van der Waals surface area (Å²) in [6.45, 7) is 0. The van der Waals surface area contributed by atoms with Crippen LogP contribution in [0, 0.1) is 11.7 Å². The SMILES string of the molecule is O=C(c1ccc(F)c(S(=O)(=O)Cl)c1)C1CCCCC1. The highest BCUT2D eigenvalue weighted by Gasteiger charge is 2.25. The molecule has 0 heterocycles.